The molecular weight excluding hydrogens is 240 g/mol. The van der Waals surface area contributed by atoms with Crippen LogP contribution in [0.1, 0.15) is 5.69 Å². The van der Waals surface area contributed by atoms with E-state index in [0.29, 0.717) is 5.69 Å². The summed E-state index contributed by atoms with van der Waals surface area (Å²) in [6, 6.07) is 1.52. The zero-order valence-electron chi connectivity index (χ0n) is 7.07. The van der Waals surface area contributed by atoms with Gasteiger partial charge in [0.25, 0.3) is 0 Å². The number of hydrogen-bond donors (Lipinski definition) is 0. The third-order valence-electron chi connectivity index (χ3n) is 1.45. The molecule has 0 aliphatic rings. The van der Waals surface area contributed by atoms with Gasteiger partial charge in [-0.3, -0.25) is 10.1 Å². The number of aromatic nitrogens is 1. The Balaban J connectivity index is 3.38. The number of halogens is 1. The van der Waals surface area contributed by atoms with Gasteiger partial charge in [0.15, 0.2) is 4.60 Å². The second kappa shape index (κ2) is 3.69. The van der Waals surface area contributed by atoms with Crippen molar-refractivity contribution in [1.29, 1.82) is 0 Å². The van der Waals surface area contributed by atoms with E-state index in [-0.39, 0.29) is 16.0 Å². The van der Waals surface area contributed by atoms with Crippen LogP contribution < -0.4 is 4.74 Å². The molecule has 0 bridgehead atoms. The number of aryl methyl sites for hydroxylation is 1. The van der Waals surface area contributed by atoms with Crippen LogP contribution in [0, 0.1) is 17.0 Å². The predicted octanol–water partition coefficient (Wildman–Crippen LogP) is 2.07. The molecule has 0 fully saturated rings. The van der Waals surface area contributed by atoms with Gasteiger partial charge in [-0.05, 0) is 22.9 Å². The molecule has 0 radical (unpaired) electrons. The summed E-state index contributed by atoms with van der Waals surface area (Å²) in [6.45, 7) is 1.73. The van der Waals surface area contributed by atoms with Crippen molar-refractivity contribution in [2.45, 2.75) is 6.92 Å². The summed E-state index contributed by atoms with van der Waals surface area (Å²) in [5.41, 5.74) is 0.516. The Morgan fingerprint density at radius 2 is 2.31 bits per heavy atom. The van der Waals surface area contributed by atoms with E-state index in [2.05, 4.69) is 20.9 Å². The molecule has 1 rings (SSSR count). The van der Waals surface area contributed by atoms with Crippen LogP contribution in [0.2, 0.25) is 0 Å². The quantitative estimate of drug-likeness (QED) is 0.455. The van der Waals surface area contributed by atoms with Gasteiger partial charge >= 0.3 is 5.69 Å². The molecule has 1 heterocycles. The molecule has 0 spiro atoms. The SMILES string of the molecule is COc1cc(C)nc(Br)c1[N+](=O)[O-]. The maximum atomic E-state index is 10.6. The third-order valence-corrected chi connectivity index (χ3v) is 2.00. The third kappa shape index (κ3) is 1.95. The van der Waals surface area contributed by atoms with E-state index in [1.165, 1.54) is 13.2 Å². The highest BCUT2D eigenvalue weighted by molar-refractivity contribution is 9.10. The maximum Gasteiger partial charge on any atom is 0.343 e. The van der Waals surface area contributed by atoms with Crippen molar-refractivity contribution < 1.29 is 9.66 Å². The van der Waals surface area contributed by atoms with Gasteiger partial charge in [-0.25, -0.2) is 4.98 Å². The minimum absolute atomic E-state index is 0.145. The molecule has 0 aliphatic heterocycles. The summed E-state index contributed by atoms with van der Waals surface area (Å²) < 4.78 is 5.05. The first-order valence-electron chi connectivity index (χ1n) is 3.41. The Bertz CT molecular complexity index is 354. The molecule has 0 atom stereocenters. The van der Waals surface area contributed by atoms with Gasteiger partial charge in [-0.15, -0.1) is 0 Å². The molecule has 0 N–H and O–H groups in total. The fourth-order valence-electron chi connectivity index (χ4n) is 0.921. The van der Waals surface area contributed by atoms with E-state index < -0.39 is 4.92 Å². The highest BCUT2D eigenvalue weighted by atomic mass is 79.9. The molecule has 13 heavy (non-hydrogen) atoms. The number of hydrogen-bond acceptors (Lipinski definition) is 4. The number of pyridine rings is 1. The highest BCUT2D eigenvalue weighted by Crippen LogP contribution is 2.33. The maximum absolute atomic E-state index is 10.6. The van der Waals surface area contributed by atoms with E-state index in [9.17, 15) is 10.1 Å². The van der Waals surface area contributed by atoms with Crippen molar-refractivity contribution in [3.05, 3.63) is 26.5 Å². The minimum atomic E-state index is -0.532. The van der Waals surface area contributed by atoms with Gasteiger partial charge < -0.3 is 4.74 Å². The number of nitro groups is 1. The Kier molecular flexibility index (Phi) is 2.82. The van der Waals surface area contributed by atoms with E-state index in [1.807, 2.05) is 0 Å². The summed E-state index contributed by atoms with van der Waals surface area (Å²) in [7, 11) is 1.38. The molecule has 0 saturated carbocycles. The summed E-state index contributed by atoms with van der Waals surface area (Å²) in [5, 5.41) is 10.6. The summed E-state index contributed by atoms with van der Waals surface area (Å²) in [6.07, 6.45) is 0. The molecule has 0 saturated heterocycles. The number of ether oxygens (including phenoxy) is 1. The van der Waals surface area contributed by atoms with Crippen LogP contribution in [0.4, 0.5) is 5.69 Å². The standard InChI is InChI=1S/C7H7BrN2O3/c1-4-3-5(13-2)6(10(11)12)7(8)9-4/h3H,1-2H3. The normalized spacial score (nSPS) is 9.77. The first-order valence-corrected chi connectivity index (χ1v) is 4.21. The monoisotopic (exact) mass is 246 g/mol. The molecule has 1 aromatic heterocycles. The summed E-state index contributed by atoms with van der Waals surface area (Å²) >= 11 is 3.01. The van der Waals surface area contributed by atoms with E-state index in [1.54, 1.807) is 6.92 Å². The van der Waals surface area contributed by atoms with Gasteiger partial charge in [-0.1, -0.05) is 0 Å². The second-order valence-corrected chi connectivity index (χ2v) is 3.11. The van der Waals surface area contributed by atoms with Gasteiger partial charge in [-0.2, -0.15) is 0 Å². The van der Waals surface area contributed by atoms with Crippen molar-refractivity contribution in [3.8, 4) is 5.75 Å². The molecule has 0 unspecified atom stereocenters. The fourth-order valence-corrected chi connectivity index (χ4v) is 1.54. The Morgan fingerprint density at radius 1 is 1.69 bits per heavy atom. The largest absolute Gasteiger partial charge is 0.490 e. The highest BCUT2D eigenvalue weighted by Gasteiger charge is 2.20. The zero-order chi connectivity index (χ0) is 10.0. The van der Waals surface area contributed by atoms with E-state index >= 15 is 0 Å². The Morgan fingerprint density at radius 3 is 2.77 bits per heavy atom. The van der Waals surface area contributed by atoms with Crippen molar-refractivity contribution in [3.63, 3.8) is 0 Å². The zero-order valence-corrected chi connectivity index (χ0v) is 8.66. The van der Waals surface area contributed by atoms with Crippen LogP contribution in [-0.2, 0) is 0 Å². The van der Waals surface area contributed by atoms with Crippen molar-refractivity contribution in [2.75, 3.05) is 7.11 Å². The van der Waals surface area contributed by atoms with Crippen LogP contribution in [0.3, 0.4) is 0 Å². The molecule has 6 heteroatoms. The van der Waals surface area contributed by atoms with Gasteiger partial charge in [0.2, 0.25) is 5.75 Å². The van der Waals surface area contributed by atoms with Crippen molar-refractivity contribution in [2.24, 2.45) is 0 Å². The molecule has 0 amide bonds. The molecule has 70 valence electrons. The van der Waals surface area contributed by atoms with E-state index in [0.717, 1.165) is 0 Å². The van der Waals surface area contributed by atoms with E-state index in [4.69, 9.17) is 4.74 Å². The smallest absolute Gasteiger partial charge is 0.343 e. The lowest BCUT2D eigenvalue weighted by atomic mass is 10.3. The molecule has 0 aliphatic carbocycles. The predicted molar refractivity (Wildman–Crippen MR) is 49.9 cm³/mol. The first-order chi connectivity index (χ1) is 6.06. The fraction of sp³-hybridized carbons (Fsp3) is 0.286. The Hall–Kier alpha value is -1.17. The van der Waals surface area contributed by atoms with Crippen molar-refractivity contribution in [1.82, 2.24) is 4.98 Å². The molecular formula is C7H7BrN2O3. The topological polar surface area (TPSA) is 65.3 Å². The van der Waals surface area contributed by atoms with Gasteiger partial charge in [0.05, 0.1) is 12.0 Å². The number of methoxy groups -OCH3 is 1. The van der Waals surface area contributed by atoms with Crippen LogP contribution in [0.5, 0.6) is 5.75 Å². The van der Waals surface area contributed by atoms with Crippen molar-refractivity contribution >= 4 is 21.6 Å². The van der Waals surface area contributed by atoms with Crippen LogP contribution in [0.15, 0.2) is 10.7 Å². The average molecular weight is 247 g/mol. The molecule has 0 aromatic carbocycles. The van der Waals surface area contributed by atoms with Crippen LogP contribution in [0.25, 0.3) is 0 Å². The second-order valence-electron chi connectivity index (χ2n) is 2.36. The lowest BCUT2D eigenvalue weighted by molar-refractivity contribution is -0.387. The lowest BCUT2D eigenvalue weighted by Crippen LogP contribution is -1.97. The van der Waals surface area contributed by atoms with Gasteiger partial charge in [0, 0.05) is 11.8 Å². The summed E-state index contributed by atoms with van der Waals surface area (Å²) in [5.74, 6) is 0.212. The molecule has 5 nitrogen and oxygen atoms in total. The Labute approximate surface area is 83.0 Å². The molecule has 1 aromatic rings. The number of rotatable bonds is 2. The van der Waals surface area contributed by atoms with Crippen LogP contribution >= 0.6 is 15.9 Å². The number of nitrogens with zero attached hydrogens (tertiary/aromatic N) is 2. The first kappa shape index (κ1) is 9.91. The lowest BCUT2D eigenvalue weighted by Gasteiger charge is -2.03. The summed E-state index contributed by atoms with van der Waals surface area (Å²) in [4.78, 5) is 13.9. The average Bonchev–Trinajstić information content (AvgIpc) is 2.01. The van der Waals surface area contributed by atoms with Crippen LogP contribution in [-0.4, -0.2) is 17.0 Å². The van der Waals surface area contributed by atoms with Gasteiger partial charge in [0.1, 0.15) is 0 Å². The minimum Gasteiger partial charge on any atom is -0.490 e.